The number of hydrogen-bond acceptors (Lipinski definition) is 2. The zero-order valence-electron chi connectivity index (χ0n) is 8.71. The van der Waals surface area contributed by atoms with E-state index < -0.39 is 5.69 Å². The van der Waals surface area contributed by atoms with Crippen molar-refractivity contribution in [2.75, 3.05) is 0 Å². The van der Waals surface area contributed by atoms with E-state index in [-0.39, 0.29) is 16.8 Å². The molecule has 2 atom stereocenters. The fraction of sp³-hybridized carbons (Fsp3) is 0.600. The summed E-state index contributed by atoms with van der Waals surface area (Å²) in [6.45, 7) is 3.69. The molecule has 1 heterocycles. The molecule has 2 rings (SSSR count). The van der Waals surface area contributed by atoms with E-state index in [0.717, 1.165) is 12.8 Å². The first-order chi connectivity index (χ1) is 7.06. The van der Waals surface area contributed by atoms with Crippen molar-refractivity contribution in [3.8, 4) is 0 Å². The molecule has 82 valence electrons. The Morgan fingerprint density at radius 2 is 2.20 bits per heavy atom. The summed E-state index contributed by atoms with van der Waals surface area (Å²) in [4.78, 5) is 25.9. The monoisotopic (exact) mass is 228 g/mol. The molecule has 0 spiro atoms. The van der Waals surface area contributed by atoms with Gasteiger partial charge in [0.05, 0.1) is 0 Å². The lowest BCUT2D eigenvalue weighted by atomic mass is 10.3. The molecule has 0 bridgehead atoms. The average Bonchev–Trinajstić information content (AvgIpc) is 2.94. The molecule has 4 nitrogen and oxygen atoms in total. The number of aromatic amines is 1. The summed E-state index contributed by atoms with van der Waals surface area (Å²) in [5.74, 6) is 0.462. The molecule has 15 heavy (non-hydrogen) atoms. The molecule has 1 aromatic heterocycles. The van der Waals surface area contributed by atoms with Crippen LogP contribution in [0.4, 0.5) is 0 Å². The Labute approximate surface area is 91.9 Å². The maximum absolute atomic E-state index is 11.8. The van der Waals surface area contributed by atoms with Gasteiger partial charge in [0.15, 0.2) is 0 Å². The van der Waals surface area contributed by atoms with Crippen molar-refractivity contribution >= 4 is 11.6 Å². The predicted molar refractivity (Wildman–Crippen MR) is 58.5 cm³/mol. The first-order valence-corrected chi connectivity index (χ1v) is 5.45. The van der Waals surface area contributed by atoms with Crippen LogP contribution in [0.25, 0.3) is 0 Å². The van der Waals surface area contributed by atoms with Crippen molar-refractivity contribution in [1.29, 1.82) is 0 Å². The Balaban J connectivity index is 2.54. The molecule has 1 aromatic rings. The maximum Gasteiger partial charge on any atom is 0.329 e. The molecule has 5 heteroatoms. The molecule has 2 unspecified atom stereocenters. The SMILES string of the molecule is CCC1CC1n1c(=O)[nH]c(Cl)c(C)c1=O. The Morgan fingerprint density at radius 3 is 2.73 bits per heavy atom. The van der Waals surface area contributed by atoms with Gasteiger partial charge in [-0.05, 0) is 19.3 Å². The van der Waals surface area contributed by atoms with Gasteiger partial charge in [0.25, 0.3) is 5.56 Å². The highest BCUT2D eigenvalue weighted by atomic mass is 35.5. The van der Waals surface area contributed by atoms with Crippen LogP contribution in [0.1, 0.15) is 31.4 Å². The van der Waals surface area contributed by atoms with Crippen molar-refractivity contribution in [3.05, 3.63) is 31.6 Å². The van der Waals surface area contributed by atoms with Crippen LogP contribution in [0.3, 0.4) is 0 Å². The fourth-order valence-corrected chi connectivity index (χ4v) is 2.06. The van der Waals surface area contributed by atoms with Crippen LogP contribution in [-0.4, -0.2) is 9.55 Å². The van der Waals surface area contributed by atoms with Gasteiger partial charge in [-0.3, -0.25) is 14.3 Å². The average molecular weight is 229 g/mol. The molecule has 0 amide bonds. The Hall–Kier alpha value is -1.03. The molecular weight excluding hydrogens is 216 g/mol. The van der Waals surface area contributed by atoms with Crippen LogP contribution >= 0.6 is 11.6 Å². The summed E-state index contributed by atoms with van der Waals surface area (Å²) in [6.07, 6.45) is 1.92. The van der Waals surface area contributed by atoms with Crippen LogP contribution in [-0.2, 0) is 0 Å². The van der Waals surface area contributed by atoms with Gasteiger partial charge in [-0.2, -0.15) is 0 Å². The predicted octanol–water partition coefficient (Wildman–Crippen LogP) is 1.47. The molecule has 0 radical (unpaired) electrons. The van der Waals surface area contributed by atoms with Crippen LogP contribution in [0.2, 0.25) is 5.15 Å². The van der Waals surface area contributed by atoms with E-state index in [1.807, 2.05) is 0 Å². The summed E-state index contributed by atoms with van der Waals surface area (Å²) < 4.78 is 1.30. The van der Waals surface area contributed by atoms with E-state index in [9.17, 15) is 9.59 Å². The summed E-state index contributed by atoms with van der Waals surface area (Å²) in [5.41, 5.74) is -0.237. The lowest BCUT2D eigenvalue weighted by Crippen LogP contribution is -2.36. The highest BCUT2D eigenvalue weighted by Gasteiger charge is 2.39. The molecule has 0 aliphatic heterocycles. The second kappa shape index (κ2) is 3.52. The van der Waals surface area contributed by atoms with Crippen molar-refractivity contribution in [2.45, 2.75) is 32.7 Å². The first kappa shape index (κ1) is 10.5. The molecule has 1 N–H and O–H groups in total. The van der Waals surface area contributed by atoms with Crippen molar-refractivity contribution in [2.24, 2.45) is 5.92 Å². The quantitative estimate of drug-likeness (QED) is 0.780. The van der Waals surface area contributed by atoms with E-state index in [0.29, 0.717) is 11.5 Å². The minimum absolute atomic E-state index is 0.0715. The van der Waals surface area contributed by atoms with Crippen molar-refractivity contribution in [3.63, 3.8) is 0 Å². The zero-order valence-corrected chi connectivity index (χ0v) is 9.47. The van der Waals surface area contributed by atoms with E-state index in [4.69, 9.17) is 11.6 Å². The summed E-state index contributed by atoms with van der Waals surface area (Å²) in [6, 6.07) is 0.0715. The van der Waals surface area contributed by atoms with Gasteiger partial charge in [-0.1, -0.05) is 24.9 Å². The lowest BCUT2D eigenvalue weighted by Gasteiger charge is -2.05. The van der Waals surface area contributed by atoms with Gasteiger partial charge in [0.2, 0.25) is 0 Å². The van der Waals surface area contributed by atoms with Gasteiger partial charge in [0, 0.05) is 11.6 Å². The van der Waals surface area contributed by atoms with Gasteiger partial charge >= 0.3 is 5.69 Å². The smallest absolute Gasteiger partial charge is 0.297 e. The Morgan fingerprint density at radius 1 is 1.53 bits per heavy atom. The van der Waals surface area contributed by atoms with E-state index >= 15 is 0 Å². The van der Waals surface area contributed by atoms with Crippen LogP contribution < -0.4 is 11.2 Å². The fourth-order valence-electron chi connectivity index (χ4n) is 1.90. The van der Waals surface area contributed by atoms with Crippen molar-refractivity contribution in [1.82, 2.24) is 9.55 Å². The zero-order chi connectivity index (χ0) is 11.2. The maximum atomic E-state index is 11.8. The highest BCUT2D eigenvalue weighted by Crippen LogP contribution is 2.43. The molecular formula is C10H13ClN2O2. The molecule has 1 aliphatic rings. The summed E-state index contributed by atoms with van der Waals surface area (Å²) in [5, 5.41) is 0.148. The third-order valence-electron chi connectivity index (χ3n) is 3.05. The van der Waals surface area contributed by atoms with Gasteiger partial charge in [-0.15, -0.1) is 0 Å². The molecule has 0 aromatic carbocycles. The third-order valence-corrected chi connectivity index (χ3v) is 3.42. The minimum atomic E-state index is -0.392. The van der Waals surface area contributed by atoms with Crippen LogP contribution in [0.15, 0.2) is 9.59 Å². The third kappa shape index (κ3) is 1.63. The second-order valence-corrected chi connectivity index (χ2v) is 4.39. The number of H-pyrrole nitrogens is 1. The largest absolute Gasteiger partial charge is 0.329 e. The van der Waals surface area contributed by atoms with Crippen LogP contribution in [0, 0.1) is 12.8 Å². The topological polar surface area (TPSA) is 54.9 Å². The van der Waals surface area contributed by atoms with Gasteiger partial charge < -0.3 is 0 Å². The number of nitrogens with one attached hydrogen (secondary N) is 1. The van der Waals surface area contributed by atoms with Gasteiger partial charge in [0.1, 0.15) is 5.15 Å². The number of nitrogens with zero attached hydrogens (tertiary/aromatic N) is 1. The molecule has 1 aliphatic carbocycles. The molecule has 0 saturated heterocycles. The lowest BCUT2D eigenvalue weighted by molar-refractivity contribution is 0.587. The number of hydrogen-bond donors (Lipinski definition) is 1. The number of halogens is 1. The second-order valence-electron chi connectivity index (χ2n) is 4.02. The van der Waals surface area contributed by atoms with Crippen LogP contribution in [0.5, 0.6) is 0 Å². The van der Waals surface area contributed by atoms with E-state index in [1.54, 1.807) is 6.92 Å². The number of aromatic nitrogens is 2. The van der Waals surface area contributed by atoms with E-state index in [1.165, 1.54) is 4.57 Å². The summed E-state index contributed by atoms with van der Waals surface area (Å²) in [7, 11) is 0. The van der Waals surface area contributed by atoms with Crippen molar-refractivity contribution < 1.29 is 0 Å². The Bertz CT molecular complexity index is 503. The Kier molecular flexibility index (Phi) is 2.46. The van der Waals surface area contributed by atoms with Gasteiger partial charge in [-0.25, -0.2) is 4.79 Å². The first-order valence-electron chi connectivity index (χ1n) is 5.07. The standard InChI is InChI=1S/C10H13ClN2O2/c1-3-6-4-7(6)13-9(14)5(2)8(11)12-10(13)15/h6-7H,3-4H2,1-2H3,(H,12,15). The highest BCUT2D eigenvalue weighted by molar-refractivity contribution is 6.30. The number of rotatable bonds is 2. The molecule has 1 fully saturated rings. The normalized spacial score (nSPS) is 24.2. The minimum Gasteiger partial charge on any atom is -0.297 e. The summed E-state index contributed by atoms with van der Waals surface area (Å²) >= 11 is 5.72. The van der Waals surface area contributed by atoms with E-state index in [2.05, 4.69) is 11.9 Å². The molecule has 1 saturated carbocycles.